The van der Waals surface area contributed by atoms with E-state index in [0.29, 0.717) is 13.0 Å². The predicted octanol–water partition coefficient (Wildman–Crippen LogP) is -2.40. The predicted molar refractivity (Wildman–Crippen MR) is 182 cm³/mol. The van der Waals surface area contributed by atoms with Gasteiger partial charge in [-0.2, -0.15) is 4.98 Å². The normalized spacial score (nSPS) is 26.3. The van der Waals surface area contributed by atoms with Gasteiger partial charge in [0.05, 0.1) is 30.0 Å². The van der Waals surface area contributed by atoms with E-state index in [1.807, 2.05) is 0 Å². The number of nitrogen functional groups attached to an aromatic ring is 2. The van der Waals surface area contributed by atoms with E-state index < -0.39 is 74.4 Å². The summed E-state index contributed by atoms with van der Waals surface area (Å²) in [6.45, 7) is 4.17. The van der Waals surface area contributed by atoms with Crippen LogP contribution in [0.1, 0.15) is 39.3 Å². The number of carbonyl (C=O) groups is 2. The number of piperidine rings is 1. The van der Waals surface area contributed by atoms with E-state index in [1.54, 1.807) is 18.7 Å². The number of aromatic nitrogens is 6. The number of aliphatic hydroxyl groups is 2. The number of amides is 1. The number of aromatic amines is 1. The molecule has 0 bridgehead atoms. The van der Waals surface area contributed by atoms with E-state index >= 15 is 0 Å². The molecule has 3 aromatic heterocycles. The molecule has 6 rings (SSSR count). The van der Waals surface area contributed by atoms with Crippen molar-refractivity contribution in [3.8, 4) is 0 Å². The summed E-state index contributed by atoms with van der Waals surface area (Å²) in [5.41, 5.74) is 10.4. The molecule has 22 heteroatoms. The van der Waals surface area contributed by atoms with Crippen molar-refractivity contribution in [3.63, 3.8) is 0 Å². The van der Waals surface area contributed by atoms with Crippen molar-refractivity contribution in [2.45, 2.75) is 74.5 Å². The third-order valence-corrected chi connectivity index (χ3v) is 11.6. The molecule has 3 aliphatic rings. The average molecular weight is 733 g/mol. The van der Waals surface area contributed by atoms with Crippen LogP contribution in [0, 0.1) is 0 Å². The zero-order chi connectivity index (χ0) is 36.8. The Kier molecular flexibility index (Phi) is 9.71. The number of nitrogens with two attached hydrogens (primary N) is 2. The first-order valence-electron chi connectivity index (χ1n) is 16.1. The molecule has 0 aliphatic carbocycles. The van der Waals surface area contributed by atoms with Gasteiger partial charge in [-0.15, -0.1) is 0 Å². The van der Waals surface area contributed by atoms with Crippen LogP contribution in [0.2, 0.25) is 0 Å². The van der Waals surface area contributed by atoms with Gasteiger partial charge < -0.3 is 41.8 Å². The van der Waals surface area contributed by atoms with Crippen molar-refractivity contribution in [2.75, 3.05) is 49.3 Å². The lowest BCUT2D eigenvalue weighted by Gasteiger charge is -2.37. The van der Waals surface area contributed by atoms with Crippen molar-refractivity contribution in [1.29, 1.82) is 0 Å². The molecule has 51 heavy (non-hydrogen) atoms. The van der Waals surface area contributed by atoms with Crippen LogP contribution >= 0.6 is 0 Å². The maximum Gasteiger partial charge on any atom is 0.323 e. The number of sulfone groups is 1. The molecule has 0 radical (unpaired) electrons. The first-order chi connectivity index (χ1) is 24.1. The number of nitrogens with one attached hydrogen (secondary N) is 3. The summed E-state index contributed by atoms with van der Waals surface area (Å²) in [4.78, 5) is 62.9. The van der Waals surface area contributed by atoms with E-state index in [9.17, 15) is 33.0 Å². The number of anilines is 3. The molecular formula is C29H40N12O9S. The summed E-state index contributed by atoms with van der Waals surface area (Å²) < 4.78 is 39.5. The molecule has 0 saturated carbocycles. The molecular weight excluding hydrogens is 692 g/mol. The Morgan fingerprint density at radius 2 is 1.96 bits per heavy atom. The summed E-state index contributed by atoms with van der Waals surface area (Å²) in [6, 6.07) is -0.886. The summed E-state index contributed by atoms with van der Waals surface area (Å²) in [6.07, 6.45) is -2.47. The van der Waals surface area contributed by atoms with Gasteiger partial charge in [0.25, 0.3) is 11.5 Å². The number of nitrogens with zero attached hydrogens (tertiary/aromatic N) is 7. The minimum atomic E-state index is -3.96. The van der Waals surface area contributed by atoms with Gasteiger partial charge >= 0.3 is 5.97 Å². The molecule has 276 valence electrons. The molecule has 0 aromatic carbocycles. The molecule has 3 unspecified atom stereocenters. The third-order valence-electron chi connectivity index (χ3n) is 9.32. The minimum absolute atomic E-state index is 0.0649. The number of fused-ring (bicyclic) bond motifs is 2. The summed E-state index contributed by atoms with van der Waals surface area (Å²) >= 11 is 0. The van der Waals surface area contributed by atoms with E-state index in [-0.39, 0.29) is 66.1 Å². The third kappa shape index (κ3) is 6.96. The van der Waals surface area contributed by atoms with E-state index in [2.05, 4.69) is 40.5 Å². The second-order valence-corrected chi connectivity index (χ2v) is 15.5. The number of H-pyrrole nitrogens is 1. The smallest absolute Gasteiger partial charge is 0.323 e. The highest BCUT2D eigenvalue weighted by Crippen LogP contribution is 2.34. The highest BCUT2D eigenvalue weighted by Gasteiger charge is 2.48. The van der Waals surface area contributed by atoms with Crippen LogP contribution in [0.25, 0.3) is 11.2 Å². The SMILES string of the molecule is COC(=O)C1CC(S(=O)(=O)C[C@H]2O[C@@H](n3cnc4c(N)ncnc43)[C@@H](O)C2O)CCN1CCCNC(=O)C1=Nc2c(nc(N)[nH]c2=O)NC1(C)C. The van der Waals surface area contributed by atoms with Crippen LogP contribution in [0.3, 0.4) is 0 Å². The fourth-order valence-corrected chi connectivity index (χ4v) is 8.61. The monoisotopic (exact) mass is 732 g/mol. The molecule has 1 amide bonds. The lowest BCUT2D eigenvalue weighted by atomic mass is 9.95. The Hall–Kier alpha value is -4.77. The number of hydrogen-bond acceptors (Lipinski definition) is 18. The molecule has 6 atom stereocenters. The number of likely N-dealkylation sites (tertiary alicyclic amines) is 1. The maximum absolute atomic E-state index is 13.7. The van der Waals surface area contributed by atoms with Gasteiger partial charge in [-0.25, -0.2) is 28.4 Å². The number of carbonyl (C=O) groups excluding carboxylic acids is 2. The van der Waals surface area contributed by atoms with Crippen molar-refractivity contribution in [1.82, 2.24) is 39.7 Å². The van der Waals surface area contributed by atoms with Crippen molar-refractivity contribution >= 4 is 61.9 Å². The quantitative estimate of drug-likeness (QED) is 0.0844. The van der Waals surface area contributed by atoms with Gasteiger partial charge in [-0.05, 0) is 33.1 Å². The second-order valence-electron chi connectivity index (χ2n) is 13.1. The van der Waals surface area contributed by atoms with Crippen molar-refractivity contribution < 1.29 is 37.7 Å². The fourth-order valence-electron chi connectivity index (χ4n) is 6.66. The fraction of sp³-hybridized carbons (Fsp3) is 0.586. The standard InChI is InChI=1S/C29H40N12O9S/c1-29(2)20(36-17-22(39-29)37-28(31)38-24(17)44)25(45)32-6-4-7-40-8-5-13(9-14(40)27(46)49-3)51(47,48)10-15-18(42)19(43)26(50-15)41-12-35-16-21(30)33-11-34-23(16)41/h11-15,18-19,26,42-43H,4-10H2,1-3H3,(H,32,45)(H2,30,33,34)(H4,31,37,38,39,44)/t13?,14?,15-,18?,19+,26-/m1/s1. The summed E-state index contributed by atoms with van der Waals surface area (Å²) in [5.74, 6) is -1.54. The van der Waals surface area contributed by atoms with E-state index in [4.69, 9.17) is 20.9 Å². The van der Waals surface area contributed by atoms with E-state index in [0.717, 1.165) is 0 Å². The Balaban J connectivity index is 1.06. The van der Waals surface area contributed by atoms with Crippen LogP contribution in [-0.2, 0) is 28.9 Å². The first kappa shape index (κ1) is 36.0. The zero-order valence-electron chi connectivity index (χ0n) is 28.0. The minimum Gasteiger partial charge on any atom is -0.468 e. The second kappa shape index (κ2) is 13.7. The number of ether oxygens (including phenoxy) is 2. The number of methoxy groups -OCH3 is 1. The van der Waals surface area contributed by atoms with Crippen LogP contribution in [0.4, 0.5) is 23.3 Å². The number of aliphatic imine (C=N–C) groups is 1. The Morgan fingerprint density at radius 3 is 2.71 bits per heavy atom. The number of imidazole rings is 1. The van der Waals surface area contributed by atoms with Crippen LogP contribution in [0.5, 0.6) is 0 Å². The van der Waals surface area contributed by atoms with Gasteiger partial charge in [0.1, 0.15) is 41.9 Å². The lowest BCUT2D eigenvalue weighted by molar-refractivity contribution is -0.148. The number of rotatable bonds is 10. The highest BCUT2D eigenvalue weighted by molar-refractivity contribution is 7.92. The van der Waals surface area contributed by atoms with Gasteiger partial charge in [-0.1, -0.05) is 0 Å². The highest BCUT2D eigenvalue weighted by atomic mass is 32.2. The molecule has 6 heterocycles. The van der Waals surface area contributed by atoms with Gasteiger partial charge in [0, 0.05) is 19.6 Å². The Labute approximate surface area is 290 Å². The van der Waals surface area contributed by atoms with E-state index in [1.165, 1.54) is 24.3 Å². The number of aliphatic hydroxyl groups excluding tert-OH is 2. The molecule has 0 spiro atoms. The Morgan fingerprint density at radius 1 is 1.20 bits per heavy atom. The van der Waals surface area contributed by atoms with Gasteiger partial charge in [0.15, 0.2) is 39.0 Å². The maximum atomic E-state index is 13.7. The van der Waals surface area contributed by atoms with Crippen LogP contribution in [0.15, 0.2) is 22.4 Å². The Bertz CT molecular complexity index is 2030. The summed E-state index contributed by atoms with van der Waals surface area (Å²) in [7, 11) is -2.74. The topological polar surface area (TPSA) is 308 Å². The van der Waals surface area contributed by atoms with Gasteiger partial charge in [0.2, 0.25) is 5.95 Å². The van der Waals surface area contributed by atoms with Crippen LogP contribution in [-0.4, -0.2) is 138 Å². The van der Waals surface area contributed by atoms with Gasteiger partial charge in [-0.3, -0.25) is 28.8 Å². The average Bonchev–Trinajstić information content (AvgIpc) is 3.62. The van der Waals surface area contributed by atoms with Crippen molar-refractivity contribution in [2.24, 2.45) is 4.99 Å². The molecule has 2 saturated heterocycles. The summed E-state index contributed by atoms with van der Waals surface area (Å²) in [5, 5.41) is 26.4. The zero-order valence-corrected chi connectivity index (χ0v) is 28.8. The van der Waals surface area contributed by atoms with Crippen LogP contribution < -0.4 is 27.7 Å². The first-order valence-corrected chi connectivity index (χ1v) is 17.9. The van der Waals surface area contributed by atoms with Crippen molar-refractivity contribution in [3.05, 3.63) is 23.0 Å². The molecule has 3 aromatic rings. The molecule has 21 nitrogen and oxygen atoms in total. The number of hydrogen-bond donors (Lipinski definition) is 7. The molecule has 3 aliphatic heterocycles. The number of esters is 1. The largest absolute Gasteiger partial charge is 0.468 e. The molecule has 2 fully saturated rings. The lowest BCUT2D eigenvalue weighted by Crippen LogP contribution is -2.53. The molecule has 9 N–H and O–H groups in total.